The van der Waals surface area contributed by atoms with Gasteiger partial charge in [0.05, 0.1) is 0 Å². The standard InChI is InChI=1S/C16H27NS/c1-12(2)15(11-17-6)18-14-9-7-13(8-10-14)16(3,4)5/h7-10,12,15,17H,11H2,1-6H3. The van der Waals surface area contributed by atoms with Gasteiger partial charge in [-0.25, -0.2) is 0 Å². The molecule has 1 aromatic rings. The quantitative estimate of drug-likeness (QED) is 0.796. The van der Waals surface area contributed by atoms with E-state index < -0.39 is 0 Å². The zero-order valence-electron chi connectivity index (χ0n) is 12.6. The maximum atomic E-state index is 3.28. The second kappa shape index (κ2) is 6.63. The van der Waals surface area contributed by atoms with Crippen molar-refractivity contribution in [1.82, 2.24) is 5.32 Å². The third kappa shape index (κ3) is 4.66. The minimum atomic E-state index is 0.242. The summed E-state index contributed by atoms with van der Waals surface area (Å²) in [4.78, 5) is 1.37. The molecule has 1 rings (SSSR count). The predicted molar refractivity (Wildman–Crippen MR) is 83.6 cm³/mol. The van der Waals surface area contributed by atoms with E-state index >= 15 is 0 Å². The lowest BCUT2D eigenvalue weighted by Gasteiger charge is -2.22. The second-order valence-corrected chi connectivity index (χ2v) is 7.54. The maximum Gasteiger partial charge on any atom is 0.0242 e. The molecule has 0 aromatic heterocycles. The summed E-state index contributed by atoms with van der Waals surface area (Å²) in [5, 5.41) is 3.92. The number of rotatable bonds is 5. The maximum absolute atomic E-state index is 3.28. The number of thioether (sulfide) groups is 1. The van der Waals surface area contributed by atoms with Crippen molar-refractivity contribution in [2.24, 2.45) is 5.92 Å². The molecule has 1 unspecified atom stereocenters. The molecule has 0 aliphatic heterocycles. The Kier molecular flexibility index (Phi) is 5.74. The molecule has 0 aliphatic carbocycles. The Balaban J connectivity index is 2.73. The van der Waals surface area contributed by atoms with Crippen LogP contribution in [0.3, 0.4) is 0 Å². The van der Waals surface area contributed by atoms with Crippen LogP contribution in [0, 0.1) is 5.92 Å². The van der Waals surface area contributed by atoms with Crippen LogP contribution in [-0.4, -0.2) is 18.8 Å². The minimum absolute atomic E-state index is 0.242. The molecule has 0 amide bonds. The van der Waals surface area contributed by atoms with E-state index in [1.54, 1.807) is 0 Å². The fourth-order valence-electron chi connectivity index (χ4n) is 1.82. The third-order valence-electron chi connectivity index (χ3n) is 3.16. The highest BCUT2D eigenvalue weighted by atomic mass is 32.2. The van der Waals surface area contributed by atoms with Crippen molar-refractivity contribution in [3.8, 4) is 0 Å². The van der Waals surface area contributed by atoms with Crippen molar-refractivity contribution in [3.63, 3.8) is 0 Å². The van der Waals surface area contributed by atoms with Gasteiger partial charge in [0.25, 0.3) is 0 Å². The van der Waals surface area contributed by atoms with E-state index in [1.165, 1.54) is 10.5 Å². The fourth-order valence-corrected chi connectivity index (χ4v) is 2.99. The Hall–Kier alpha value is -0.470. The molecule has 0 saturated carbocycles. The average molecular weight is 265 g/mol. The molecule has 2 heteroatoms. The molecule has 1 nitrogen and oxygen atoms in total. The van der Waals surface area contributed by atoms with Crippen LogP contribution in [0.25, 0.3) is 0 Å². The van der Waals surface area contributed by atoms with Crippen molar-refractivity contribution in [3.05, 3.63) is 29.8 Å². The van der Waals surface area contributed by atoms with Crippen LogP contribution < -0.4 is 5.32 Å². The molecule has 0 fully saturated rings. The lowest BCUT2D eigenvalue weighted by atomic mass is 9.87. The zero-order valence-corrected chi connectivity index (χ0v) is 13.4. The summed E-state index contributed by atoms with van der Waals surface area (Å²) in [5.74, 6) is 0.685. The minimum Gasteiger partial charge on any atom is -0.319 e. The van der Waals surface area contributed by atoms with Crippen molar-refractivity contribution >= 4 is 11.8 Å². The molecule has 0 radical (unpaired) electrons. The van der Waals surface area contributed by atoms with Crippen LogP contribution in [0.2, 0.25) is 0 Å². The van der Waals surface area contributed by atoms with Gasteiger partial charge < -0.3 is 5.32 Å². The van der Waals surface area contributed by atoms with Crippen molar-refractivity contribution in [2.75, 3.05) is 13.6 Å². The van der Waals surface area contributed by atoms with Gasteiger partial charge in [-0.15, -0.1) is 11.8 Å². The van der Waals surface area contributed by atoms with Crippen LogP contribution >= 0.6 is 11.8 Å². The van der Waals surface area contributed by atoms with Gasteiger partial charge in [0.1, 0.15) is 0 Å². The number of benzene rings is 1. The zero-order chi connectivity index (χ0) is 13.8. The largest absolute Gasteiger partial charge is 0.319 e. The summed E-state index contributed by atoms with van der Waals surface area (Å²) in [6, 6.07) is 9.05. The number of hydrogen-bond acceptors (Lipinski definition) is 2. The molecule has 0 bridgehead atoms. The Morgan fingerprint density at radius 2 is 1.67 bits per heavy atom. The highest BCUT2D eigenvalue weighted by Crippen LogP contribution is 2.30. The van der Waals surface area contributed by atoms with Crippen LogP contribution in [0.1, 0.15) is 40.2 Å². The highest BCUT2D eigenvalue weighted by Gasteiger charge is 2.16. The highest BCUT2D eigenvalue weighted by molar-refractivity contribution is 8.00. The van der Waals surface area contributed by atoms with E-state index in [0.29, 0.717) is 11.2 Å². The van der Waals surface area contributed by atoms with Gasteiger partial charge in [-0.3, -0.25) is 0 Å². The van der Waals surface area contributed by atoms with E-state index in [9.17, 15) is 0 Å². The number of hydrogen-bond donors (Lipinski definition) is 1. The first-order chi connectivity index (χ1) is 8.34. The van der Waals surface area contributed by atoms with Crippen LogP contribution in [-0.2, 0) is 5.41 Å². The van der Waals surface area contributed by atoms with E-state index in [1.807, 2.05) is 18.8 Å². The van der Waals surface area contributed by atoms with Gasteiger partial charge in [-0.05, 0) is 36.1 Å². The smallest absolute Gasteiger partial charge is 0.0242 e. The van der Waals surface area contributed by atoms with Crippen molar-refractivity contribution < 1.29 is 0 Å². The molecule has 1 aromatic carbocycles. The lowest BCUT2D eigenvalue weighted by Crippen LogP contribution is -2.25. The van der Waals surface area contributed by atoms with Gasteiger partial charge in [0.15, 0.2) is 0 Å². The van der Waals surface area contributed by atoms with Crippen LogP contribution in [0.5, 0.6) is 0 Å². The molecular formula is C16H27NS. The fraction of sp³-hybridized carbons (Fsp3) is 0.625. The lowest BCUT2D eigenvalue weighted by molar-refractivity contribution is 0.578. The van der Waals surface area contributed by atoms with Crippen molar-refractivity contribution in [1.29, 1.82) is 0 Å². The van der Waals surface area contributed by atoms with Crippen LogP contribution in [0.4, 0.5) is 0 Å². The van der Waals surface area contributed by atoms with Crippen molar-refractivity contribution in [2.45, 2.75) is 50.2 Å². The Morgan fingerprint density at radius 1 is 1.11 bits per heavy atom. The normalized spacial score (nSPS) is 13.9. The molecule has 102 valence electrons. The molecular weight excluding hydrogens is 238 g/mol. The predicted octanol–water partition coefficient (Wildman–Crippen LogP) is 4.32. The first-order valence-electron chi connectivity index (χ1n) is 6.76. The SMILES string of the molecule is CNCC(Sc1ccc(C(C)(C)C)cc1)C(C)C. The van der Waals surface area contributed by atoms with Gasteiger partial charge >= 0.3 is 0 Å². The summed E-state index contributed by atoms with van der Waals surface area (Å²) in [6.45, 7) is 12.4. The van der Waals surface area contributed by atoms with Gasteiger partial charge in [0, 0.05) is 16.7 Å². The molecule has 1 atom stereocenters. The summed E-state index contributed by atoms with van der Waals surface area (Å²) in [7, 11) is 2.03. The Labute approximate surface area is 117 Å². The summed E-state index contributed by atoms with van der Waals surface area (Å²) < 4.78 is 0. The Bertz CT molecular complexity index is 348. The Morgan fingerprint density at radius 3 is 2.06 bits per heavy atom. The molecule has 1 N–H and O–H groups in total. The van der Waals surface area contributed by atoms with Crippen LogP contribution in [0.15, 0.2) is 29.2 Å². The number of nitrogens with one attached hydrogen (secondary N) is 1. The molecule has 18 heavy (non-hydrogen) atoms. The first kappa shape index (κ1) is 15.6. The van der Waals surface area contributed by atoms with Gasteiger partial charge in [-0.2, -0.15) is 0 Å². The van der Waals surface area contributed by atoms with Gasteiger partial charge in [-0.1, -0.05) is 46.8 Å². The summed E-state index contributed by atoms with van der Waals surface area (Å²) in [6.07, 6.45) is 0. The van der Waals surface area contributed by atoms with E-state index in [2.05, 4.69) is 64.2 Å². The van der Waals surface area contributed by atoms with E-state index in [0.717, 1.165) is 6.54 Å². The molecule has 0 spiro atoms. The van der Waals surface area contributed by atoms with E-state index in [4.69, 9.17) is 0 Å². The molecule has 0 aliphatic rings. The molecule has 0 heterocycles. The summed E-state index contributed by atoms with van der Waals surface area (Å²) >= 11 is 1.98. The van der Waals surface area contributed by atoms with Gasteiger partial charge in [0.2, 0.25) is 0 Å². The monoisotopic (exact) mass is 265 g/mol. The third-order valence-corrected chi connectivity index (χ3v) is 4.71. The second-order valence-electron chi connectivity index (χ2n) is 6.23. The van der Waals surface area contributed by atoms with E-state index in [-0.39, 0.29) is 5.41 Å². The summed E-state index contributed by atoms with van der Waals surface area (Å²) in [5.41, 5.74) is 1.65. The molecule has 0 saturated heterocycles. The topological polar surface area (TPSA) is 12.0 Å². The first-order valence-corrected chi connectivity index (χ1v) is 7.64. The average Bonchev–Trinajstić information content (AvgIpc) is 2.28.